The van der Waals surface area contributed by atoms with E-state index in [2.05, 4.69) is 20.4 Å². The van der Waals surface area contributed by atoms with Gasteiger partial charge in [0.1, 0.15) is 17.6 Å². The van der Waals surface area contributed by atoms with Crippen LogP contribution in [0.4, 0.5) is 13.2 Å². The van der Waals surface area contributed by atoms with Crippen molar-refractivity contribution >= 4 is 0 Å². The van der Waals surface area contributed by atoms with Gasteiger partial charge in [-0.25, -0.2) is 5.48 Å². The van der Waals surface area contributed by atoms with Gasteiger partial charge in [0, 0.05) is 11.6 Å². The van der Waals surface area contributed by atoms with Crippen LogP contribution in [-0.2, 0) is 4.84 Å². The van der Waals surface area contributed by atoms with Crippen LogP contribution < -0.4 is 15.0 Å². The van der Waals surface area contributed by atoms with Gasteiger partial charge >= 0.3 is 6.36 Å². The fraction of sp³-hybridized carbons (Fsp3) is 0.111. The largest absolute Gasteiger partial charge is 0.573 e. The topological polar surface area (TPSA) is 78.6 Å². The van der Waals surface area contributed by atoms with Gasteiger partial charge < -0.3 is 13.9 Å². The van der Waals surface area contributed by atoms with E-state index in [9.17, 15) is 13.2 Å². The number of hydrogen-bond acceptors (Lipinski definition) is 7. The number of nitrogens with one attached hydrogen (secondary N) is 1. The smallest absolute Gasteiger partial charge is 0.439 e. The zero-order valence-corrected chi connectivity index (χ0v) is 14.0. The Balaban J connectivity index is 1.44. The van der Waals surface area contributed by atoms with E-state index in [-0.39, 0.29) is 5.75 Å². The second kappa shape index (κ2) is 7.24. The fourth-order valence-corrected chi connectivity index (χ4v) is 2.52. The third kappa shape index (κ3) is 4.23. The molecule has 144 valence electrons. The summed E-state index contributed by atoms with van der Waals surface area (Å²) in [6, 6.07) is 12.4. The van der Waals surface area contributed by atoms with Crippen LogP contribution in [0, 0.1) is 0 Å². The molecule has 28 heavy (non-hydrogen) atoms. The molecule has 0 saturated heterocycles. The number of nitrogens with zero attached hydrogens (tertiary/aromatic N) is 2. The molecule has 0 spiro atoms. The zero-order chi connectivity index (χ0) is 19.6. The minimum atomic E-state index is -4.73. The van der Waals surface area contributed by atoms with Crippen molar-refractivity contribution in [3.05, 3.63) is 72.4 Å². The Bertz CT molecular complexity index is 972. The third-order valence-corrected chi connectivity index (χ3v) is 3.70. The highest BCUT2D eigenvalue weighted by Crippen LogP contribution is 2.29. The van der Waals surface area contributed by atoms with Crippen LogP contribution in [0.15, 0.2) is 71.3 Å². The number of halogens is 3. The van der Waals surface area contributed by atoms with Gasteiger partial charge in [-0.2, -0.15) is 0 Å². The summed E-state index contributed by atoms with van der Waals surface area (Å²) in [6.07, 6.45) is -2.38. The van der Waals surface area contributed by atoms with Gasteiger partial charge in [0.2, 0.25) is 18.2 Å². The predicted octanol–water partition coefficient (Wildman–Crippen LogP) is 4.13. The molecule has 0 radical (unpaired) electrons. The van der Waals surface area contributed by atoms with Crippen LogP contribution >= 0.6 is 0 Å². The third-order valence-electron chi connectivity index (χ3n) is 3.70. The number of ether oxygens (including phenoxy) is 2. The molecule has 0 unspecified atom stereocenters. The second-order valence-electron chi connectivity index (χ2n) is 5.66. The molecular weight excluding hydrogens is 379 g/mol. The summed E-state index contributed by atoms with van der Waals surface area (Å²) in [5, 5.41) is 7.46. The van der Waals surface area contributed by atoms with E-state index in [0.29, 0.717) is 28.7 Å². The molecule has 1 aromatic heterocycles. The van der Waals surface area contributed by atoms with Crippen molar-refractivity contribution in [2.45, 2.75) is 12.5 Å². The van der Waals surface area contributed by atoms with Crippen molar-refractivity contribution < 1.29 is 31.9 Å². The lowest BCUT2D eigenvalue weighted by Gasteiger charge is -2.11. The summed E-state index contributed by atoms with van der Waals surface area (Å²) >= 11 is 0. The standard InChI is InChI=1S/C18H12F3N3O4/c19-18(20,21)27-13-6-4-11(5-7-13)15-9-16(24-28-15)26-14-3-1-2-12(8-14)17-23-22-10-25-17/h1-10,15,24H/t15-/m1/s1. The molecule has 3 aromatic rings. The molecule has 10 heteroatoms. The average Bonchev–Trinajstić information content (AvgIpc) is 3.33. The average molecular weight is 391 g/mol. The number of benzene rings is 2. The molecule has 1 atom stereocenters. The molecule has 4 rings (SSSR count). The maximum Gasteiger partial charge on any atom is 0.573 e. The van der Waals surface area contributed by atoms with Crippen molar-refractivity contribution in [1.29, 1.82) is 0 Å². The number of rotatable bonds is 5. The molecule has 0 fully saturated rings. The molecule has 2 heterocycles. The van der Waals surface area contributed by atoms with E-state index in [0.717, 1.165) is 0 Å². The van der Waals surface area contributed by atoms with E-state index < -0.39 is 12.5 Å². The Kier molecular flexibility index (Phi) is 4.62. The van der Waals surface area contributed by atoms with Crippen LogP contribution in [0.1, 0.15) is 11.7 Å². The first-order valence-corrected chi connectivity index (χ1v) is 8.00. The first-order valence-electron chi connectivity index (χ1n) is 8.00. The minimum Gasteiger partial charge on any atom is -0.439 e. The van der Waals surface area contributed by atoms with E-state index >= 15 is 0 Å². The first-order chi connectivity index (χ1) is 13.5. The summed E-state index contributed by atoms with van der Waals surface area (Å²) < 4.78 is 51.4. The van der Waals surface area contributed by atoms with Crippen LogP contribution in [0.25, 0.3) is 11.5 Å². The van der Waals surface area contributed by atoms with Gasteiger partial charge in [-0.3, -0.25) is 4.84 Å². The van der Waals surface area contributed by atoms with Gasteiger partial charge in [-0.1, -0.05) is 18.2 Å². The van der Waals surface area contributed by atoms with Crippen molar-refractivity contribution in [1.82, 2.24) is 15.7 Å². The molecule has 1 aliphatic rings. The summed E-state index contributed by atoms with van der Waals surface area (Å²) in [5.41, 5.74) is 3.95. The van der Waals surface area contributed by atoms with Gasteiger partial charge in [-0.15, -0.1) is 23.4 Å². The van der Waals surface area contributed by atoms with Crippen molar-refractivity contribution in [3.8, 4) is 23.0 Å². The van der Waals surface area contributed by atoms with Crippen molar-refractivity contribution in [2.24, 2.45) is 0 Å². The fourth-order valence-electron chi connectivity index (χ4n) is 2.52. The molecule has 2 aromatic carbocycles. The molecule has 0 saturated carbocycles. The predicted molar refractivity (Wildman–Crippen MR) is 88.5 cm³/mol. The molecule has 0 amide bonds. The Morgan fingerprint density at radius 2 is 1.86 bits per heavy atom. The monoisotopic (exact) mass is 391 g/mol. The minimum absolute atomic E-state index is 0.305. The Morgan fingerprint density at radius 3 is 2.57 bits per heavy atom. The summed E-state index contributed by atoms with van der Waals surface area (Å²) in [6.45, 7) is 0. The number of hydroxylamine groups is 1. The number of aromatic nitrogens is 2. The molecular formula is C18H12F3N3O4. The first kappa shape index (κ1) is 17.9. The van der Waals surface area contributed by atoms with E-state index in [1.54, 1.807) is 30.3 Å². The number of alkyl halides is 3. The van der Waals surface area contributed by atoms with Gasteiger partial charge in [0.15, 0.2) is 0 Å². The van der Waals surface area contributed by atoms with Crippen molar-refractivity contribution in [2.75, 3.05) is 0 Å². The maximum absolute atomic E-state index is 12.2. The molecule has 7 nitrogen and oxygen atoms in total. The van der Waals surface area contributed by atoms with Crippen LogP contribution in [0.2, 0.25) is 0 Å². The highest BCUT2D eigenvalue weighted by Gasteiger charge is 2.31. The molecule has 0 aliphatic carbocycles. The lowest BCUT2D eigenvalue weighted by molar-refractivity contribution is -0.274. The van der Waals surface area contributed by atoms with E-state index in [1.807, 2.05) is 0 Å². The summed E-state index contributed by atoms with van der Waals surface area (Å²) in [4.78, 5) is 5.40. The summed E-state index contributed by atoms with van der Waals surface area (Å²) in [7, 11) is 0. The lowest BCUT2D eigenvalue weighted by atomic mass is 10.1. The Hall–Kier alpha value is -3.53. The van der Waals surface area contributed by atoms with Crippen LogP contribution in [0.3, 0.4) is 0 Å². The molecule has 1 N–H and O–H groups in total. The number of hydrogen-bond donors (Lipinski definition) is 1. The maximum atomic E-state index is 12.2. The quantitative estimate of drug-likeness (QED) is 0.701. The van der Waals surface area contributed by atoms with Gasteiger partial charge in [0.05, 0.1) is 0 Å². The lowest BCUT2D eigenvalue weighted by Crippen LogP contribution is -2.17. The Morgan fingerprint density at radius 1 is 1.04 bits per heavy atom. The van der Waals surface area contributed by atoms with Crippen molar-refractivity contribution in [3.63, 3.8) is 0 Å². The van der Waals surface area contributed by atoms with E-state index in [4.69, 9.17) is 14.0 Å². The highest BCUT2D eigenvalue weighted by molar-refractivity contribution is 5.55. The van der Waals surface area contributed by atoms with Gasteiger partial charge in [0.25, 0.3) is 0 Å². The molecule has 0 bridgehead atoms. The zero-order valence-electron chi connectivity index (χ0n) is 14.0. The Labute approximate surface area is 156 Å². The second-order valence-corrected chi connectivity index (χ2v) is 5.66. The summed E-state index contributed by atoms with van der Waals surface area (Å²) in [5.74, 6) is 0.894. The van der Waals surface area contributed by atoms with E-state index in [1.165, 1.54) is 30.7 Å². The highest BCUT2D eigenvalue weighted by atomic mass is 19.4. The van der Waals surface area contributed by atoms with Crippen LogP contribution in [0.5, 0.6) is 11.5 Å². The van der Waals surface area contributed by atoms with Crippen LogP contribution in [-0.4, -0.2) is 16.6 Å². The SMILES string of the molecule is FC(F)(F)Oc1ccc([C@H]2C=C(Oc3cccc(-c4nnco4)c3)NO2)cc1. The normalized spacial score (nSPS) is 16.4. The van der Waals surface area contributed by atoms with Gasteiger partial charge in [-0.05, 0) is 35.9 Å². The molecule has 1 aliphatic heterocycles.